The highest BCUT2D eigenvalue weighted by Gasteiger charge is 2.44. The number of amidine groups is 1. The van der Waals surface area contributed by atoms with Gasteiger partial charge in [-0.05, 0) is 61.7 Å². The third-order valence-corrected chi connectivity index (χ3v) is 11.6. The molecule has 12 nitrogen and oxygen atoms in total. The summed E-state index contributed by atoms with van der Waals surface area (Å²) < 4.78 is 66.7. The summed E-state index contributed by atoms with van der Waals surface area (Å²) in [6.07, 6.45) is 0.993. The Morgan fingerprint density at radius 2 is 1.73 bits per heavy atom. The quantitative estimate of drug-likeness (QED) is 0.143. The fourth-order valence-electron chi connectivity index (χ4n) is 5.69. The van der Waals surface area contributed by atoms with E-state index in [9.17, 15) is 21.9 Å². The number of hydrogen-bond acceptors (Lipinski definition) is 9. The normalized spacial score (nSPS) is 19.4. The van der Waals surface area contributed by atoms with Crippen LogP contribution in [0.4, 0.5) is 0 Å². The van der Waals surface area contributed by atoms with E-state index in [2.05, 4.69) is 10.0 Å². The molecule has 2 fully saturated rings. The Labute approximate surface area is 264 Å². The lowest BCUT2D eigenvalue weighted by Gasteiger charge is -2.38. The maximum atomic E-state index is 13.6. The molecule has 6 N–H and O–H groups in total. The lowest BCUT2D eigenvalue weighted by atomic mass is 9.88. The number of nitrogen functional groups attached to an aromatic ring is 1. The number of ether oxygens (including phenoxy) is 2. The number of benzene rings is 3. The van der Waals surface area contributed by atoms with Gasteiger partial charge in [0.25, 0.3) is 0 Å². The first kappa shape index (κ1) is 33.0. The summed E-state index contributed by atoms with van der Waals surface area (Å²) in [7, 11) is -5.98. The molecule has 2 atom stereocenters. The van der Waals surface area contributed by atoms with Crippen molar-refractivity contribution in [1.82, 2.24) is 14.3 Å². The molecule has 0 aliphatic carbocycles. The predicted octanol–water partition coefficient (Wildman–Crippen LogP) is 1.89. The summed E-state index contributed by atoms with van der Waals surface area (Å²) in [5, 5.41) is 21.3. The van der Waals surface area contributed by atoms with Gasteiger partial charge in [-0.15, -0.1) is 0 Å². The number of rotatable bonds is 12. The molecule has 14 heteroatoms. The van der Waals surface area contributed by atoms with Gasteiger partial charge in [0.1, 0.15) is 24.3 Å². The summed E-state index contributed by atoms with van der Waals surface area (Å²) in [5.41, 5.74) is 7.31. The maximum absolute atomic E-state index is 13.6. The smallest absolute Gasteiger partial charge is 0.243 e. The van der Waals surface area contributed by atoms with E-state index in [0.29, 0.717) is 50.3 Å². The first-order valence-electron chi connectivity index (χ1n) is 14.7. The first-order chi connectivity index (χ1) is 21.4. The van der Waals surface area contributed by atoms with Gasteiger partial charge >= 0.3 is 0 Å². The monoisotopic (exact) mass is 657 g/mol. The summed E-state index contributed by atoms with van der Waals surface area (Å²) in [6.45, 7) is 1.37. The highest BCUT2D eigenvalue weighted by molar-refractivity contribution is 7.89. The van der Waals surface area contributed by atoms with Crippen molar-refractivity contribution in [2.24, 2.45) is 5.73 Å². The number of piperidine rings is 1. The molecule has 0 amide bonds. The van der Waals surface area contributed by atoms with Crippen LogP contribution in [-0.4, -0.2) is 89.7 Å². The number of nitrogens with two attached hydrogens (primary N) is 1. The Bertz CT molecular complexity index is 1720. The Hall–Kier alpha value is -3.37. The van der Waals surface area contributed by atoms with Gasteiger partial charge in [-0.25, -0.2) is 21.6 Å². The van der Waals surface area contributed by atoms with Crippen LogP contribution in [-0.2, 0) is 24.8 Å². The third kappa shape index (κ3) is 7.72. The average molecular weight is 658 g/mol. The summed E-state index contributed by atoms with van der Waals surface area (Å²) in [4.78, 5) is 0.304. The van der Waals surface area contributed by atoms with Gasteiger partial charge in [-0.1, -0.05) is 42.5 Å². The molecule has 0 radical (unpaired) electrons. The second-order valence-electron chi connectivity index (χ2n) is 11.4. The molecule has 2 saturated heterocycles. The Kier molecular flexibility index (Phi) is 9.94. The van der Waals surface area contributed by atoms with Crippen LogP contribution in [0.15, 0.2) is 82.6 Å². The third-order valence-electron chi connectivity index (χ3n) is 8.31. The van der Waals surface area contributed by atoms with E-state index in [1.165, 1.54) is 23.5 Å². The van der Waals surface area contributed by atoms with Crippen LogP contribution in [0.25, 0.3) is 11.1 Å². The zero-order valence-electron chi connectivity index (χ0n) is 25.0. The van der Waals surface area contributed by atoms with Crippen molar-refractivity contribution in [3.63, 3.8) is 0 Å². The Morgan fingerprint density at radius 3 is 2.42 bits per heavy atom. The highest BCUT2D eigenvalue weighted by Crippen LogP contribution is 2.37. The molecule has 1 unspecified atom stereocenters. The van der Waals surface area contributed by atoms with Crippen molar-refractivity contribution in [2.75, 3.05) is 39.9 Å². The van der Waals surface area contributed by atoms with Crippen LogP contribution < -0.4 is 20.5 Å². The first-order valence-corrected chi connectivity index (χ1v) is 17.6. The van der Waals surface area contributed by atoms with Crippen LogP contribution in [0.3, 0.4) is 0 Å². The maximum Gasteiger partial charge on any atom is 0.243 e. The molecule has 2 heterocycles. The van der Waals surface area contributed by atoms with Crippen molar-refractivity contribution < 1.29 is 31.4 Å². The van der Waals surface area contributed by atoms with Gasteiger partial charge in [-0.3, -0.25) is 5.41 Å². The number of sulfonamides is 2. The molecule has 1 spiro atoms. The number of hydrogen-bond donors (Lipinski definition) is 5. The van der Waals surface area contributed by atoms with E-state index >= 15 is 0 Å². The Morgan fingerprint density at radius 1 is 1.04 bits per heavy atom. The van der Waals surface area contributed by atoms with Crippen molar-refractivity contribution >= 4 is 25.9 Å². The van der Waals surface area contributed by atoms with Gasteiger partial charge in [0.15, 0.2) is 0 Å². The number of aliphatic hydroxyl groups is 1. The second-order valence-corrected chi connectivity index (χ2v) is 15.2. The molecule has 0 saturated carbocycles. The summed E-state index contributed by atoms with van der Waals surface area (Å²) >= 11 is 0. The minimum Gasteiger partial charge on any atom is -0.491 e. The average Bonchev–Trinajstić information content (AvgIpc) is 3.45. The van der Waals surface area contributed by atoms with Gasteiger partial charge in [0.05, 0.1) is 22.0 Å². The second kappa shape index (κ2) is 13.5. The van der Waals surface area contributed by atoms with Crippen molar-refractivity contribution in [2.45, 2.75) is 46.8 Å². The molecule has 45 heavy (non-hydrogen) atoms. The highest BCUT2D eigenvalue weighted by atomic mass is 32.2. The van der Waals surface area contributed by atoms with E-state index in [1.807, 2.05) is 18.2 Å². The molecule has 0 bridgehead atoms. The number of aliphatic hydroxyl groups excluding tert-OH is 1. The van der Waals surface area contributed by atoms with Crippen LogP contribution in [0, 0.1) is 5.41 Å². The molecule has 3 aromatic carbocycles. The molecular weight excluding hydrogens is 619 g/mol. The van der Waals surface area contributed by atoms with E-state index in [0.717, 1.165) is 11.1 Å². The van der Waals surface area contributed by atoms with Gasteiger partial charge < -0.3 is 25.6 Å². The molecule has 0 aromatic heterocycles. The molecular formula is C31H39N5O7S2. The fourth-order valence-corrected chi connectivity index (χ4v) is 7.94. The Balaban J connectivity index is 1.11. The minimum atomic E-state index is -3.71. The minimum absolute atomic E-state index is 0.00187. The largest absolute Gasteiger partial charge is 0.491 e. The van der Waals surface area contributed by atoms with Crippen LogP contribution >= 0.6 is 0 Å². The lowest BCUT2D eigenvalue weighted by Crippen LogP contribution is -2.47. The van der Waals surface area contributed by atoms with Crippen LogP contribution in [0.5, 0.6) is 5.75 Å². The molecule has 2 aliphatic rings. The van der Waals surface area contributed by atoms with Crippen molar-refractivity contribution in [3.05, 3.63) is 78.4 Å². The lowest BCUT2D eigenvalue weighted by molar-refractivity contribution is -0.0312. The van der Waals surface area contributed by atoms with Crippen LogP contribution in [0.1, 0.15) is 24.8 Å². The van der Waals surface area contributed by atoms with Gasteiger partial charge in [0.2, 0.25) is 20.0 Å². The molecule has 3 aromatic rings. The van der Waals surface area contributed by atoms with E-state index in [1.54, 1.807) is 42.5 Å². The molecule has 5 rings (SSSR count). The van der Waals surface area contributed by atoms with E-state index < -0.39 is 31.8 Å². The van der Waals surface area contributed by atoms with Crippen molar-refractivity contribution in [1.29, 1.82) is 5.41 Å². The molecule has 242 valence electrons. The van der Waals surface area contributed by atoms with E-state index in [-0.39, 0.29) is 34.8 Å². The topological polar surface area (TPSA) is 184 Å². The van der Waals surface area contributed by atoms with Gasteiger partial charge in [0, 0.05) is 37.3 Å². The predicted molar refractivity (Wildman–Crippen MR) is 170 cm³/mol. The standard InChI is InChI=1S/C31H39N5O7S2/c1-34-44(38,39)28-6-3-5-27(17-28)42-21-26(37)19-35-25-18-31(43-20-25)12-14-36(15-13-31)45(40,41)29-7-2-4-24(16-29)22-8-10-23(11-9-22)30(32)33/h2-11,16-17,25-26,34-35,37H,12-15,18-21H2,1H3,(H3,32,33)/t25?,26-/m0/s1. The van der Waals surface area contributed by atoms with Gasteiger partial charge in [-0.2, -0.15) is 4.31 Å². The zero-order valence-corrected chi connectivity index (χ0v) is 26.6. The SMILES string of the molecule is CNS(=O)(=O)c1cccc(OC[C@@H](O)CNC2COC3(CCN(S(=O)(=O)c4cccc(-c5ccc(C(=N)N)cc5)c4)CC3)C2)c1. The fraction of sp³-hybridized carbons (Fsp3) is 0.387. The van der Waals surface area contributed by atoms with E-state index in [4.69, 9.17) is 20.6 Å². The number of nitrogens with zero attached hydrogens (tertiary/aromatic N) is 1. The summed E-state index contributed by atoms with van der Waals surface area (Å²) in [6, 6.07) is 20.0. The molecule has 2 aliphatic heterocycles. The summed E-state index contributed by atoms with van der Waals surface area (Å²) in [5.74, 6) is 0.312. The zero-order chi connectivity index (χ0) is 32.2. The number of nitrogens with one attached hydrogen (secondary N) is 3. The van der Waals surface area contributed by atoms with Crippen LogP contribution in [0.2, 0.25) is 0 Å². The van der Waals surface area contributed by atoms with Crippen molar-refractivity contribution in [3.8, 4) is 16.9 Å².